The molecule has 0 fully saturated rings. The van der Waals surface area contributed by atoms with Crippen LogP contribution in [0.5, 0.6) is 5.75 Å². The number of benzene rings is 1. The van der Waals surface area contributed by atoms with Gasteiger partial charge in [-0.15, -0.1) is 5.10 Å². The Kier molecular flexibility index (Phi) is 4.54. The summed E-state index contributed by atoms with van der Waals surface area (Å²) < 4.78 is 7.08. The van der Waals surface area contributed by atoms with E-state index in [9.17, 15) is 4.79 Å². The molecule has 0 atom stereocenters. The Morgan fingerprint density at radius 2 is 2.35 bits per heavy atom. The zero-order chi connectivity index (χ0) is 14.5. The van der Waals surface area contributed by atoms with Crippen molar-refractivity contribution in [1.82, 2.24) is 20.4 Å². The normalized spacial score (nSPS) is 10.3. The molecule has 20 heavy (non-hydrogen) atoms. The van der Waals surface area contributed by atoms with Gasteiger partial charge in [0.25, 0.3) is 5.91 Å². The van der Waals surface area contributed by atoms with Crippen LogP contribution in [0.1, 0.15) is 16.1 Å². The van der Waals surface area contributed by atoms with Gasteiger partial charge in [0.2, 0.25) is 0 Å². The van der Waals surface area contributed by atoms with Gasteiger partial charge in [0.1, 0.15) is 12.4 Å². The number of carbonyl (C=O) groups is 1. The molecular weight excluding hydrogens is 282 g/mol. The third kappa shape index (κ3) is 3.46. The van der Waals surface area contributed by atoms with Crippen LogP contribution >= 0.6 is 11.6 Å². The molecular formula is C12H14ClN5O2. The Balaban J connectivity index is 1.88. The molecule has 1 amide bonds. The van der Waals surface area contributed by atoms with Crippen molar-refractivity contribution in [3.8, 4) is 5.75 Å². The summed E-state index contributed by atoms with van der Waals surface area (Å²) in [6, 6.07) is 5.44. The number of nitrogens with one attached hydrogen (secondary N) is 1. The predicted octanol–water partition coefficient (Wildman–Crippen LogP) is 0.922. The van der Waals surface area contributed by atoms with E-state index in [-0.39, 0.29) is 5.69 Å². The van der Waals surface area contributed by atoms with Gasteiger partial charge in [-0.2, -0.15) is 0 Å². The maximum absolute atomic E-state index is 11.2. The second kappa shape index (κ2) is 6.36. The zero-order valence-corrected chi connectivity index (χ0v) is 11.6. The van der Waals surface area contributed by atoms with Crippen LogP contribution in [0.15, 0.2) is 24.4 Å². The quantitative estimate of drug-likeness (QED) is 0.486. The number of ether oxygens (including phenoxy) is 1. The summed E-state index contributed by atoms with van der Waals surface area (Å²) in [5.74, 6) is 5.25. The van der Waals surface area contributed by atoms with Gasteiger partial charge >= 0.3 is 0 Å². The van der Waals surface area contributed by atoms with Crippen LogP contribution in [0.25, 0.3) is 0 Å². The van der Waals surface area contributed by atoms with Crippen molar-refractivity contribution in [2.75, 3.05) is 6.61 Å². The predicted molar refractivity (Wildman–Crippen MR) is 73.4 cm³/mol. The number of aromatic nitrogens is 3. The molecule has 3 N–H and O–H groups in total. The Hall–Kier alpha value is -2.12. The lowest BCUT2D eigenvalue weighted by Gasteiger charge is -2.07. The highest BCUT2D eigenvalue weighted by Crippen LogP contribution is 2.20. The van der Waals surface area contributed by atoms with Gasteiger partial charge in [0.15, 0.2) is 5.69 Å². The van der Waals surface area contributed by atoms with E-state index in [1.54, 1.807) is 12.1 Å². The molecule has 0 saturated heterocycles. The fourth-order valence-corrected chi connectivity index (χ4v) is 1.67. The van der Waals surface area contributed by atoms with Crippen molar-refractivity contribution in [2.24, 2.45) is 5.84 Å². The molecule has 1 heterocycles. The molecule has 0 saturated carbocycles. The molecule has 0 spiro atoms. The first-order valence-corrected chi connectivity index (χ1v) is 6.28. The highest BCUT2D eigenvalue weighted by Gasteiger charge is 2.08. The smallest absolute Gasteiger partial charge is 0.287 e. The maximum Gasteiger partial charge on any atom is 0.287 e. The van der Waals surface area contributed by atoms with Gasteiger partial charge in [-0.25, -0.2) is 10.5 Å². The zero-order valence-electron chi connectivity index (χ0n) is 10.8. The Labute approximate surface area is 120 Å². The van der Waals surface area contributed by atoms with Gasteiger partial charge < -0.3 is 4.74 Å². The van der Waals surface area contributed by atoms with Crippen molar-refractivity contribution in [1.29, 1.82) is 0 Å². The minimum atomic E-state index is -0.481. The minimum Gasteiger partial charge on any atom is -0.492 e. The number of halogens is 1. The number of nitrogens with zero attached hydrogens (tertiary/aromatic N) is 3. The molecule has 0 radical (unpaired) electrons. The van der Waals surface area contributed by atoms with Crippen LogP contribution in [-0.2, 0) is 6.54 Å². The van der Waals surface area contributed by atoms with Crippen LogP contribution in [0.3, 0.4) is 0 Å². The second-order valence-electron chi connectivity index (χ2n) is 4.10. The number of carbonyl (C=O) groups excluding carboxylic acids is 1. The van der Waals surface area contributed by atoms with Gasteiger partial charge in [-0.1, -0.05) is 16.8 Å². The first-order valence-electron chi connectivity index (χ1n) is 5.90. The highest BCUT2D eigenvalue weighted by atomic mass is 35.5. The number of hydrogen-bond acceptors (Lipinski definition) is 5. The average molecular weight is 296 g/mol. The third-order valence-electron chi connectivity index (χ3n) is 2.62. The fraction of sp³-hybridized carbons (Fsp3) is 0.250. The minimum absolute atomic E-state index is 0.162. The first kappa shape index (κ1) is 14.3. The summed E-state index contributed by atoms with van der Waals surface area (Å²) in [5.41, 5.74) is 3.10. The molecule has 0 aliphatic heterocycles. The van der Waals surface area contributed by atoms with E-state index >= 15 is 0 Å². The van der Waals surface area contributed by atoms with Gasteiger partial charge in [0, 0.05) is 5.02 Å². The molecule has 7 nitrogen and oxygen atoms in total. The lowest BCUT2D eigenvalue weighted by atomic mass is 10.2. The van der Waals surface area contributed by atoms with Crippen molar-refractivity contribution < 1.29 is 9.53 Å². The van der Waals surface area contributed by atoms with Crippen molar-refractivity contribution in [2.45, 2.75) is 13.5 Å². The fourth-order valence-electron chi connectivity index (χ4n) is 1.55. The molecule has 2 aromatic rings. The van der Waals surface area contributed by atoms with Gasteiger partial charge in [-0.3, -0.25) is 10.2 Å². The molecule has 2 rings (SSSR count). The maximum atomic E-state index is 11.2. The van der Waals surface area contributed by atoms with Crippen LogP contribution in [0.2, 0.25) is 5.02 Å². The summed E-state index contributed by atoms with van der Waals surface area (Å²) in [7, 11) is 0. The lowest BCUT2D eigenvalue weighted by Crippen LogP contribution is -2.30. The monoisotopic (exact) mass is 295 g/mol. The van der Waals surface area contributed by atoms with Crippen LogP contribution < -0.4 is 16.0 Å². The Morgan fingerprint density at radius 3 is 3.05 bits per heavy atom. The molecule has 106 valence electrons. The standard InChI is InChI=1S/C12H14ClN5O2/c1-8-6-9(2-3-10(8)13)20-5-4-18-7-11(16-17-18)12(19)15-14/h2-3,6-7H,4-5,14H2,1H3,(H,15,19). The van der Waals surface area contributed by atoms with Crippen molar-refractivity contribution in [3.05, 3.63) is 40.7 Å². The summed E-state index contributed by atoms with van der Waals surface area (Å²) in [6.07, 6.45) is 1.50. The summed E-state index contributed by atoms with van der Waals surface area (Å²) in [5, 5.41) is 8.18. The molecule has 8 heteroatoms. The van der Waals surface area contributed by atoms with E-state index in [2.05, 4.69) is 10.3 Å². The molecule has 1 aromatic carbocycles. The number of nitrogen functional groups attached to an aromatic ring is 1. The highest BCUT2D eigenvalue weighted by molar-refractivity contribution is 6.31. The van der Waals surface area contributed by atoms with Crippen LogP contribution in [0.4, 0.5) is 0 Å². The number of aryl methyl sites for hydroxylation is 1. The van der Waals surface area contributed by atoms with Crippen LogP contribution in [-0.4, -0.2) is 27.5 Å². The molecule has 0 aliphatic rings. The van der Waals surface area contributed by atoms with E-state index < -0.39 is 5.91 Å². The number of hydrazine groups is 1. The van der Waals surface area contributed by atoms with Gasteiger partial charge in [-0.05, 0) is 30.7 Å². The second-order valence-corrected chi connectivity index (χ2v) is 4.51. The van der Waals surface area contributed by atoms with Crippen LogP contribution in [0, 0.1) is 6.92 Å². The van der Waals surface area contributed by atoms with E-state index in [0.29, 0.717) is 18.2 Å². The number of nitrogens with two attached hydrogens (primary N) is 1. The van der Waals surface area contributed by atoms with Crippen molar-refractivity contribution in [3.63, 3.8) is 0 Å². The van der Waals surface area contributed by atoms with E-state index in [0.717, 1.165) is 11.3 Å². The summed E-state index contributed by atoms with van der Waals surface area (Å²) in [4.78, 5) is 11.2. The molecule has 0 bridgehead atoms. The SMILES string of the molecule is Cc1cc(OCCn2cc(C(=O)NN)nn2)ccc1Cl. The first-order chi connectivity index (χ1) is 9.60. The van der Waals surface area contributed by atoms with Gasteiger partial charge in [0.05, 0.1) is 12.7 Å². The number of hydrogen-bond donors (Lipinski definition) is 2. The van der Waals surface area contributed by atoms with E-state index in [1.165, 1.54) is 10.9 Å². The van der Waals surface area contributed by atoms with E-state index in [4.69, 9.17) is 22.2 Å². The Bertz CT molecular complexity index is 614. The molecule has 0 unspecified atom stereocenters. The van der Waals surface area contributed by atoms with E-state index in [1.807, 2.05) is 18.4 Å². The molecule has 0 aliphatic carbocycles. The number of amides is 1. The topological polar surface area (TPSA) is 95.1 Å². The molecule has 1 aromatic heterocycles. The summed E-state index contributed by atoms with van der Waals surface area (Å²) >= 11 is 5.93. The average Bonchev–Trinajstić information content (AvgIpc) is 2.91. The lowest BCUT2D eigenvalue weighted by molar-refractivity contribution is 0.0948. The largest absolute Gasteiger partial charge is 0.492 e. The third-order valence-corrected chi connectivity index (χ3v) is 3.04. The summed E-state index contributed by atoms with van der Waals surface area (Å²) in [6.45, 7) is 2.77. The Morgan fingerprint density at radius 1 is 1.55 bits per heavy atom. The number of rotatable bonds is 5. The van der Waals surface area contributed by atoms with Crippen molar-refractivity contribution >= 4 is 17.5 Å².